The van der Waals surface area contributed by atoms with Gasteiger partial charge < -0.3 is 9.47 Å². The first-order valence-corrected chi connectivity index (χ1v) is 5.55. The zero-order valence-electron chi connectivity index (χ0n) is 9.28. The Labute approximate surface area is 101 Å². The van der Waals surface area contributed by atoms with Crippen LogP contribution in [0.25, 0.3) is 0 Å². The molecule has 0 aromatic heterocycles. The summed E-state index contributed by atoms with van der Waals surface area (Å²) in [5, 5.41) is 0. The summed E-state index contributed by atoms with van der Waals surface area (Å²) in [6, 6.07) is 4.61. The third kappa shape index (κ3) is 1.49. The van der Waals surface area contributed by atoms with Crippen molar-refractivity contribution in [3.63, 3.8) is 0 Å². The fraction of sp³-hybridized carbons (Fsp3) is 0.417. The van der Waals surface area contributed by atoms with Gasteiger partial charge in [0.15, 0.2) is 11.5 Å². The van der Waals surface area contributed by atoms with Crippen molar-refractivity contribution in [1.29, 1.82) is 0 Å². The molecule has 0 saturated heterocycles. The fourth-order valence-corrected chi connectivity index (χ4v) is 2.38. The highest BCUT2D eigenvalue weighted by atomic mass is 19.3. The van der Waals surface area contributed by atoms with Crippen molar-refractivity contribution < 1.29 is 23.0 Å². The van der Waals surface area contributed by atoms with E-state index in [0.29, 0.717) is 18.4 Å². The number of hydrogen-bond donors (Lipinski definition) is 0. The van der Waals surface area contributed by atoms with Crippen molar-refractivity contribution in [2.24, 2.45) is 4.99 Å². The van der Waals surface area contributed by atoms with Crippen LogP contribution in [0.3, 0.4) is 0 Å². The van der Waals surface area contributed by atoms with Crippen molar-refractivity contribution in [3.05, 3.63) is 23.8 Å². The van der Waals surface area contributed by atoms with Gasteiger partial charge in [-0.15, -0.1) is 8.78 Å². The van der Waals surface area contributed by atoms with E-state index in [4.69, 9.17) is 0 Å². The topological polar surface area (TPSA) is 47.9 Å². The number of alkyl halides is 2. The first kappa shape index (κ1) is 11.2. The van der Waals surface area contributed by atoms with Gasteiger partial charge in [0.05, 0.1) is 0 Å². The zero-order valence-corrected chi connectivity index (χ0v) is 9.28. The summed E-state index contributed by atoms with van der Waals surface area (Å²) in [7, 11) is 0. The van der Waals surface area contributed by atoms with E-state index in [9.17, 15) is 13.6 Å². The summed E-state index contributed by atoms with van der Waals surface area (Å²) in [6.45, 7) is 0. The zero-order chi connectivity index (χ0) is 12.8. The van der Waals surface area contributed by atoms with Crippen LogP contribution in [0.15, 0.2) is 23.2 Å². The van der Waals surface area contributed by atoms with Crippen molar-refractivity contribution >= 4 is 6.08 Å². The Kier molecular flexibility index (Phi) is 2.19. The Morgan fingerprint density at radius 3 is 2.67 bits per heavy atom. The SMILES string of the molecule is O=C=NC1(c2cccc3c2OC(F)(F)O3)CCC1. The molecule has 0 spiro atoms. The summed E-state index contributed by atoms with van der Waals surface area (Å²) in [4.78, 5) is 14.3. The van der Waals surface area contributed by atoms with Gasteiger partial charge in [0.25, 0.3) is 0 Å². The Morgan fingerprint density at radius 2 is 2.06 bits per heavy atom. The Hall–Kier alpha value is -1.94. The third-order valence-electron chi connectivity index (χ3n) is 3.37. The van der Waals surface area contributed by atoms with E-state index in [1.165, 1.54) is 12.1 Å². The minimum absolute atomic E-state index is 0.0233. The Bertz CT molecular complexity index is 548. The van der Waals surface area contributed by atoms with Crippen LogP contribution in [0.4, 0.5) is 8.78 Å². The van der Waals surface area contributed by atoms with E-state index in [-0.39, 0.29) is 11.5 Å². The third-order valence-corrected chi connectivity index (χ3v) is 3.37. The number of para-hydroxylation sites is 1. The number of hydrogen-bond acceptors (Lipinski definition) is 4. The predicted molar refractivity (Wildman–Crippen MR) is 56.3 cm³/mol. The number of halogens is 2. The van der Waals surface area contributed by atoms with Gasteiger partial charge >= 0.3 is 6.29 Å². The monoisotopic (exact) mass is 253 g/mol. The molecule has 1 heterocycles. The largest absolute Gasteiger partial charge is 0.586 e. The van der Waals surface area contributed by atoms with Crippen LogP contribution in [-0.4, -0.2) is 12.4 Å². The van der Waals surface area contributed by atoms with Crippen LogP contribution in [-0.2, 0) is 10.3 Å². The van der Waals surface area contributed by atoms with Crippen molar-refractivity contribution in [3.8, 4) is 11.5 Å². The van der Waals surface area contributed by atoms with Gasteiger partial charge in [0.2, 0.25) is 6.08 Å². The number of rotatable bonds is 2. The second-order valence-electron chi connectivity index (χ2n) is 4.39. The molecule has 6 heteroatoms. The molecule has 18 heavy (non-hydrogen) atoms. The molecular weight excluding hydrogens is 244 g/mol. The summed E-state index contributed by atoms with van der Waals surface area (Å²) in [5.41, 5.74) is -0.316. The van der Waals surface area contributed by atoms with Crippen LogP contribution < -0.4 is 9.47 Å². The first-order valence-electron chi connectivity index (χ1n) is 5.55. The molecule has 0 radical (unpaired) electrons. The maximum Gasteiger partial charge on any atom is 0.586 e. The van der Waals surface area contributed by atoms with Gasteiger partial charge in [-0.2, -0.15) is 4.99 Å². The smallest absolute Gasteiger partial charge is 0.395 e. The molecule has 1 aliphatic heterocycles. The summed E-state index contributed by atoms with van der Waals surface area (Å²) >= 11 is 0. The molecule has 0 N–H and O–H groups in total. The molecule has 0 bridgehead atoms. The molecule has 1 aliphatic carbocycles. The Morgan fingerprint density at radius 1 is 1.28 bits per heavy atom. The lowest BCUT2D eigenvalue weighted by Gasteiger charge is -2.37. The average molecular weight is 253 g/mol. The lowest BCUT2D eigenvalue weighted by Crippen LogP contribution is -2.33. The number of isocyanates is 1. The van der Waals surface area contributed by atoms with Crippen LogP contribution in [0.2, 0.25) is 0 Å². The first-order chi connectivity index (χ1) is 8.56. The highest BCUT2D eigenvalue weighted by Gasteiger charge is 2.49. The quantitative estimate of drug-likeness (QED) is 0.601. The number of ether oxygens (including phenoxy) is 2. The van der Waals surface area contributed by atoms with Gasteiger partial charge in [0.1, 0.15) is 5.54 Å². The van der Waals surface area contributed by atoms with Gasteiger partial charge in [-0.1, -0.05) is 12.1 Å². The van der Waals surface area contributed by atoms with Gasteiger partial charge in [-0.05, 0) is 25.3 Å². The molecular formula is C12H9F2NO3. The van der Waals surface area contributed by atoms with Crippen molar-refractivity contribution in [1.82, 2.24) is 0 Å². The standard InChI is InChI=1S/C12H9F2NO3/c13-12(14)17-9-4-1-3-8(10(9)18-12)11(15-7-16)5-2-6-11/h1,3-4H,2,5-6H2. The number of nitrogens with zero attached hydrogens (tertiary/aromatic N) is 1. The lowest BCUT2D eigenvalue weighted by atomic mass is 9.72. The van der Waals surface area contributed by atoms with E-state index in [0.717, 1.165) is 6.42 Å². The van der Waals surface area contributed by atoms with Gasteiger partial charge in [-0.3, -0.25) is 0 Å². The van der Waals surface area contributed by atoms with Gasteiger partial charge in [-0.25, -0.2) is 4.79 Å². The molecule has 1 fully saturated rings. The number of fused-ring (bicyclic) bond motifs is 1. The number of benzene rings is 1. The predicted octanol–water partition coefficient (Wildman–Crippen LogP) is 2.72. The number of aliphatic imine (C=N–C) groups is 1. The van der Waals surface area contributed by atoms with Gasteiger partial charge in [0, 0.05) is 5.56 Å². The molecule has 0 unspecified atom stereocenters. The second kappa shape index (κ2) is 3.53. The molecule has 3 rings (SSSR count). The van der Waals surface area contributed by atoms with E-state index >= 15 is 0 Å². The van der Waals surface area contributed by atoms with E-state index in [1.807, 2.05) is 0 Å². The van der Waals surface area contributed by atoms with Crippen LogP contribution in [0, 0.1) is 0 Å². The molecule has 0 atom stereocenters. The van der Waals surface area contributed by atoms with Crippen LogP contribution in [0.5, 0.6) is 11.5 Å². The molecule has 1 saturated carbocycles. The normalized spacial score (nSPS) is 21.9. The van der Waals surface area contributed by atoms with Crippen molar-refractivity contribution in [2.75, 3.05) is 0 Å². The summed E-state index contributed by atoms with van der Waals surface area (Å²) in [5.74, 6) is -0.0499. The highest BCUT2D eigenvalue weighted by Crippen LogP contribution is 2.53. The molecule has 2 aliphatic rings. The van der Waals surface area contributed by atoms with E-state index in [2.05, 4.69) is 14.5 Å². The van der Waals surface area contributed by atoms with Crippen LogP contribution >= 0.6 is 0 Å². The highest BCUT2D eigenvalue weighted by molar-refractivity contribution is 5.54. The lowest BCUT2D eigenvalue weighted by molar-refractivity contribution is -0.287. The molecule has 1 aromatic rings. The van der Waals surface area contributed by atoms with E-state index in [1.54, 1.807) is 12.1 Å². The van der Waals surface area contributed by atoms with Crippen LogP contribution in [0.1, 0.15) is 24.8 Å². The molecule has 1 aromatic carbocycles. The Balaban J connectivity index is 2.10. The van der Waals surface area contributed by atoms with Crippen molar-refractivity contribution in [2.45, 2.75) is 31.1 Å². The number of carbonyl (C=O) groups excluding carboxylic acids is 1. The molecule has 94 valence electrons. The summed E-state index contributed by atoms with van der Waals surface area (Å²) < 4.78 is 35.0. The maximum absolute atomic E-state index is 13.1. The van der Waals surface area contributed by atoms with E-state index < -0.39 is 11.8 Å². The minimum Gasteiger partial charge on any atom is -0.395 e. The fourth-order valence-electron chi connectivity index (χ4n) is 2.38. The minimum atomic E-state index is -3.66. The second-order valence-corrected chi connectivity index (χ2v) is 4.39. The molecule has 0 amide bonds. The molecule has 4 nitrogen and oxygen atoms in total. The summed E-state index contributed by atoms with van der Waals surface area (Å²) in [6.07, 6.45) is -0.0281. The maximum atomic E-state index is 13.1. The average Bonchev–Trinajstić information content (AvgIpc) is 2.57.